The minimum absolute atomic E-state index is 0.273. The lowest BCUT2D eigenvalue weighted by Gasteiger charge is -2.15. The summed E-state index contributed by atoms with van der Waals surface area (Å²) in [4.78, 5) is 4.16. The molecule has 1 N–H and O–H groups in total. The van der Waals surface area contributed by atoms with Gasteiger partial charge in [0, 0.05) is 6.20 Å². The molecule has 0 amide bonds. The van der Waals surface area contributed by atoms with E-state index in [9.17, 15) is 0 Å². The van der Waals surface area contributed by atoms with Crippen LogP contribution in [0.25, 0.3) is 5.69 Å². The summed E-state index contributed by atoms with van der Waals surface area (Å²) in [6.07, 6.45) is 6.62. The fourth-order valence-corrected chi connectivity index (χ4v) is 2.35. The van der Waals surface area contributed by atoms with E-state index in [2.05, 4.69) is 41.4 Å². The quantitative estimate of drug-likeness (QED) is 0.842. The van der Waals surface area contributed by atoms with Gasteiger partial charge in [0.2, 0.25) is 0 Å². The standard InChI is InChI=1S/C15H23N5/c1-4-9-17-13(5-2)15-14(6-3)20(19-18-15)12-8-7-10-16-11-12/h7-8,10-11,13,17H,4-6,9H2,1-3H3. The number of aromatic nitrogens is 4. The van der Waals surface area contributed by atoms with Crippen LogP contribution in [0.5, 0.6) is 0 Å². The molecule has 2 rings (SSSR count). The third kappa shape index (κ3) is 3.04. The summed E-state index contributed by atoms with van der Waals surface area (Å²) < 4.78 is 1.90. The molecule has 5 heteroatoms. The normalized spacial score (nSPS) is 12.6. The first-order valence-electron chi connectivity index (χ1n) is 7.40. The maximum atomic E-state index is 4.41. The van der Waals surface area contributed by atoms with Crippen LogP contribution in [0.1, 0.15) is 51.0 Å². The van der Waals surface area contributed by atoms with Gasteiger partial charge in [-0.3, -0.25) is 4.98 Å². The summed E-state index contributed by atoms with van der Waals surface area (Å²) in [6.45, 7) is 7.49. The lowest BCUT2D eigenvalue weighted by molar-refractivity contribution is 0.503. The van der Waals surface area contributed by atoms with Gasteiger partial charge in [0.1, 0.15) is 5.69 Å². The van der Waals surface area contributed by atoms with Crippen LogP contribution in [-0.2, 0) is 6.42 Å². The van der Waals surface area contributed by atoms with Crippen LogP contribution in [0.15, 0.2) is 24.5 Å². The molecule has 0 aliphatic heterocycles. The first kappa shape index (κ1) is 14.7. The van der Waals surface area contributed by atoms with Gasteiger partial charge in [0.15, 0.2) is 0 Å². The van der Waals surface area contributed by atoms with Crippen LogP contribution >= 0.6 is 0 Å². The second kappa shape index (κ2) is 7.14. The Morgan fingerprint density at radius 3 is 2.75 bits per heavy atom. The molecule has 0 aliphatic carbocycles. The molecule has 0 bridgehead atoms. The van der Waals surface area contributed by atoms with Crippen molar-refractivity contribution in [2.45, 2.75) is 46.1 Å². The number of pyridine rings is 1. The molecule has 0 radical (unpaired) electrons. The van der Waals surface area contributed by atoms with Crippen LogP contribution in [-0.4, -0.2) is 26.5 Å². The Kier molecular flexibility index (Phi) is 5.24. The lowest BCUT2D eigenvalue weighted by atomic mass is 10.1. The van der Waals surface area contributed by atoms with Gasteiger partial charge < -0.3 is 5.32 Å². The zero-order valence-corrected chi connectivity index (χ0v) is 12.5. The maximum Gasteiger partial charge on any atom is 0.103 e. The van der Waals surface area contributed by atoms with Crippen molar-refractivity contribution in [1.29, 1.82) is 0 Å². The highest BCUT2D eigenvalue weighted by atomic mass is 15.4. The molecule has 0 fully saturated rings. The predicted octanol–water partition coefficient (Wildman–Crippen LogP) is 2.68. The fourth-order valence-electron chi connectivity index (χ4n) is 2.35. The van der Waals surface area contributed by atoms with Crippen molar-refractivity contribution in [1.82, 2.24) is 25.3 Å². The molecule has 20 heavy (non-hydrogen) atoms. The minimum atomic E-state index is 0.273. The highest BCUT2D eigenvalue weighted by molar-refractivity contribution is 5.31. The van der Waals surface area contributed by atoms with Gasteiger partial charge in [-0.25, -0.2) is 4.68 Å². The zero-order valence-electron chi connectivity index (χ0n) is 12.5. The predicted molar refractivity (Wildman–Crippen MR) is 79.9 cm³/mol. The lowest BCUT2D eigenvalue weighted by Crippen LogP contribution is -2.23. The van der Waals surface area contributed by atoms with Gasteiger partial charge in [0.25, 0.3) is 0 Å². The summed E-state index contributed by atoms with van der Waals surface area (Å²) in [5.74, 6) is 0. The van der Waals surface area contributed by atoms with Gasteiger partial charge in [0.05, 0.1) is 23.6 Å². The summed E-state index contributed by atoms with van der Waals surface area (Å²) >= 11 is 0. The molecular weight excluding hydrogens is 250 g/mol. The second-order valence-electron chi connectivity index (χ2n) is 4.81. The van der Waals surface area contributed by atoms with E-state index in [1.54, 1.807) is 6.20 Å². The summed E-state index contributed by atoms with van der Waals surface area (Å²) in [5, 5.41) is 12.3. The largest absolute Gasteiger partial charge is 0.309 e. The van der Waals surface area contributed by atoms with Crippen molar-refractivity contribution in [3.63, 3.8) is 0 Å². The number of hydrogen-bond donors (Lipinski definition) is 1. The van der Waals surface area contributed by atoms with E-state index in [1.165, 1.54) is 0 Å². The molecule has 2 aromatic heterocycles. The van der Waals surface area contributed by atoms with E-state index in [0.717, 1.165) is 42.9 Å². The van der Waals surface area contributed by atoms with E-state index in [0.29, 0.717) is 0 Å². The van der Waals surface area contributed by atoms with Crippen molar-refractivity contribution in [2.75, 3.05) is 6.54 Å². The van der Waals surface area contributed by atoms with Crippen molar-refractivity contribution in [3.05, 3.63) is 35.9 Å². The Balaban J connectivity index is 2.33. The highest BCUT2D eigenvalue weighted by Crippen LogP contribution is 2.21. The second-order valence-corrected chi connectivity index (χ2v) is 4.81. The van der Waals surface area contributed by atoms with E-state index < -0.39 is 0 Å². The van der Waals surface area contributed by atoms with Crippen LogP contribution in [0.2, 0.25) is 0 Å². The smallest absolute Gasteiger partial charge is 0.103 e. The summed E-state index contributed by atoms with van der Waals surface area (Å²) in [7, 11) is 0. The molecule has 0 saturated carbocycles. The molecule has 0 saturated heterocycles. The molecule has 0 aromatic carbocycles. The zero-order chi connectivity index (χ0) is 14.4. The number of nitrogens with zero attached hydrogens (tertiary/aromatic N) is 4. The SMILES string of the molecule is CCCNC(CC)c1nnn(-c2cccnc2)c1CC. The Morgan fingerprint density at radius 1 is 1.30 bits per heavy atom. The molecule has 0 aliphatic rings. The van der Waals surface area contributed by atoms with Gasteiger partial charge in [-0.05, 0) is 37.9 Å². The van der Waals surface area contributed by atoms with E-state index >= 15 is 0 Å². The minimum Gasteiger partial charge on any atom is -0.309 e. The summed E-state index contributed by atoms with van der Waals surface area (Å²) in [6, 6.07) is 4.20. The van der Waals surface area contributed by atoms with Gasteiger partial charge in [-0.1, -0.05) is 26.0 Å². The van der Waals surface area contributed by atoms with Gasteiger partial charge >= 0.3 is 0 Å². The van der Waals surface area contributed by atoms with E-state index in [-0.39, 0.29) is 6.04 Å². The van der Waals surface area contributed by atoms with Crippen LogP contribution in [0, 0.1) is 0 Å². The fraction of sp³-hybridized carbons (Fsp3) is 0.533. The summed E-state index contributed by atoms with van der Waals surface area (Å²) in [5.41, 5.74) is 3.19. The average molecular weight is 273 g/mol. The number of rotatable bonds is 7. The molecule has 108 valence electrons. The molecule has 1 atom stereocenters. The van der Waals surface area contributed by atoms with Crippen LogP contribution < -0.4 is 5.32 Å². The Morgan fingerprint density at radius 2 is 2.15 bits per heavy atom. The maximum absolute atomic E-state index is 4.41. The Labute approximate surface area is 120 Å². The third-order valence-corrected chi connectivity index (χ3v) is 3.40. The van der Waals surface area contributed by atoms with Crippen molar-refractivity contribution in [3.8, 4) is 5.69 Å². The first-order chi connectivity index (χ1) is 9.81. The first-order valence-corrected chi connectivity index (χ1v) is 7.40. The van der Waals surface area contributed by atoms with Crippen LogP contribution in [0.4, 0.5) is 0 Å². The molecule has 1 unspecified atom stereocenters. The van der Waals surface area contributed by atoms with Crippen molar-refractivity contribution in [2.24, 2.45) is 0 Å². The Hall–Kier alpha value is -1.75. The highest BCUT2D eigenvalue weighted by Gasteiger charge is 2.19. The molecular formula is C15H23N5. The number of hydrogen-bond acceptors (Lipinski definition) is 4. The van der Waals surface area contributed by atoms with Crippen molar-refractivity contribution >= 4 is 0 Å². The van der Waals surface area contributed by atoms with Gasteiger partial charge in [-0.2, -0.15) is 0 Å². The Bertz CT molecular complexity index is 520. The topological polar surface area (TPSA) is 55.6 Å². The van der Waals surface area contributed by atoms with Gasteiger partial charge in [-0.15, -0.1) is 5.10 Å². The average Bonchev–Trinajstić information content (AvgIpc) is 2.93. The van der Waals surface area contributed by atoms with E-state index in [1.807, 2.05) is 23.0 Å². The third-order valence-electron chi connectivity index (χ3n) is 3.40. The monoisotopic (exact) mass is 273 g/mol. The number of nitrogens with one attached hydrogen (secondary N) is 1. The van der Waals surface area contributed by atoms with Crippen LogP contribution in [0.3, 0.4) is 0 Å². The molecule has 2 aromatic rings. The molecule has 5 nitrogen and oxygen atoms in total. The van der Waals surface area contributed by atoms with Crippen molar-refractivity contribution < 1.29 is 0 Å². The molecule has 0 spiro atoms. The van der Waals surface area contributed by atoms with E-state index in [4.69, 9.17) is 0 Å². The molecule has 2 heterocycles.